The summed E-state index contributed by atoms with van der Waals surface area (Å²) < 4.78 is 0. The number of carbonyl (C=O) groups is 3. The molecule has 3 amide bonds. The topological polar surface area (TPSA) is 122 Å². The van der Waals surface area contributed by atoms with Crippen molar-refractivity contribution in [3.05, 3.63) is 29.8 Å². The molecule has 0 aliphatic rings. The van der Waals surface area contributed by atoms with Gasteiger partial charge in [0.2, 0.25) is 5.91 Å². The van der Waals surface area contributed by atoms with E-state index in [0.29, 0.717) is 5.69 Å². The molecule has 0 aromatic heterocycles. The monoisotopic (exact) mass is 237 g/mol. The molecular formula is C10H11N3O4. The van der Waals surface area contributed by atoms with Crippen LogP contribution in [0.5, 0.6) is 0 Å². The first-order valence-electron chi connectivity index (χ1n) is 4.65. The van der Waals surface area contributed by atoms with Gasteiger partial charge in [0.25, 0.3) is 0 Å². The lowest BCUT2D eigenvalue weighted by Gasteiger charge is -2.06. The summed E-state index contributed by atoms with van der Waals surface area (Å²) >= 11 is 0. The Labute approximate surface area is 96.6 Å². The van der Waals surface area contributed by atoms with Crippen LogP contribution in [0.25, 0.3) is 0 Å². The first kappa shape index (κ1) is 12.5. The standard InChI is InChI=1S/C10H11N3O4/c11-8(14)5-12-10(17)13-7-3-1-2-6(4-7)9(15)16/h1-4H,5H2,(H2,11,14)(H,15,16)(H2,12,13,17). The number of primary amides is 1. The Morgan fingerprint density at radius 1 is 1.29 bits per heavy atom. The Morgan fingerprint density at radius 2 is 2.00 bits per heavy atom. The predicted octanol–water partition coefficient (Wildman–Crippen LogP) is -0.00840. The highest BCUT2D eigenvalue weighted by atomic mass is 16.4. The SMILES string of the molecule is NC(=O)CNC(=O)Nc1cccc(C(=O)O)c1. The van der Waals surface area contributed by atoms with Crippen LogP contribution in [0.1, 0.15) is 10.4 Å². The van der Waals surface area contributed by atoms with Crippen LogP contribution in [0.15, 0.2) is 24.3 Å². The van der Waals surface area contributed by atoms with E-state index in [-0.39, 0.29) is 12.1 Å². The third-order valence-corrected chi connectivity index (χ3v) is 1.79. The number of anilines is 1. The molecule has 1 aromatic carbocycles. The minimum Gasteiger partial charge on any atom is -0.478 e. The maximum atomic E-state index is 11.2. The van der Waals surface area contributed by atoms with E-state index in [4.69, 9.17) is 10.8 Å². The lowest BCUT2D eigenvalue weighted by Crippen LogP contribution is -2.36. The molecule has 0 aliphatic carbocycles. The van der Waals surface area contributed by atoms with Gasteiger partial charge in [0.1, 0.15) is 0 Å². The summed E-state index contributed by atoms with van der Waals surface area (Å²) in [4.78, 5) is 32.3. The lowest BCUT2D eigenvalue weighted by molar-refractivity contribution is -0.117. The van der Waals surface area contributed by atoms with Gasteiger partial charge < -0.3 is 21.5 Å². The second-order valence-electron chi connectivity index (χ2n) is 3.16. The molecule has 0 heterocycles. The molecule has 0 saturated heterocycles. The summed E-state index contributed by atoms with van der Waals surface area (Å²) in [7, 11) is 0. The van der Waals surface area contributed by atoms with Crippen molar-refractivity contribution in [3.8, 4) is 0 Å². The van der Waals surface area contributed by atoms with Gasteiger partial charge in [0.05, 0.1) is 12.1 Å². The first-order chi connectivity index (χ1) is 7.99. The van der Waals surface area contributed by atoms with Gasteiger partial charge in [-0.3, -0.25) is 4.79 Å². The highest BCUT2D eigenvalue weighted by Gasteiger charge is 2.06. The zero-order chi connectivity index (χ0) is 12.8. The minimum atomic E-state index is -1.09. The van der Waals surface area contributed by atoms with Crippen molar-refractivity contribution < 1.29 is 19.5 Å². The van der Waals surface area contributed by atoms with Gasteiger partial charge in [-0.2, -0.15) is 0 Å². The molecule has 1 rings (SSSR count). The molecule has 7 heteroatoms. The number of carboxylic acid groups (broad SMARTS) is 1. The average molecular weight is 237 g/mol. The van der Waals surface area contributed by atoms with Gasteiger partial charge in [-0.1, -0.05) is 6.07 Å². The Bertz CT molecular complexity index is 459. The van der Waals surface area contributed by atoms with Gasteiger partial charge in [-0.15, -0.1) is 0 Å². The van der Waals surface area contributed by atoms with Gasteiger partial charge >= 0.3 is 12.0 Å². The minimum absolute atomic E-state index is 0.0534. The fraction of sp³-hybridized carbons (Fsp3) is 0.100. The number of carbonyl (C=O) groups excluding carboxylic acids is 2. The third-order valence-electron chi connectivity index (χ3n) is 1.79. The summed E-state index contributed by atoms with van der Waals surface area (Å²) in [6.07, 6.45) is 0. The van der Waals surface area contributed by atoms with Crippen molar-refractivity contribution in [2.24, 2.45) is 5.73 Å². The van der Waals surface area contributed by atoms with Gasteiger partial charge in [0.15, 0.2) is 0 Å². The number of amides is 3. The largest absolute Gasteiger partial charge is 0.478 e. The molecular weight excluding hydrogens is 226 g/mol. The molecule has 7 nitrogen and oxygen atoms in total. The zero-order valence-electron chi connectivity index (χ0n) is 8.77. The average Bonchev–Trinajstić information content (AvgIpc) is 2.26. The highest BCUT2D eigenvalue weighted by Crippen LogP contribution is 2.10. The number of carboxylic acids is 1. The highest BCUT2D eigenvalue weighted by molar-refractivity contribution is 5.94. The van der Waals surface area contributed by atoms with Crippen molar-refractivity contribution in [2.75, 3.05) is 11.9 Å². The number of urea groups is 1. The molecule has 0 atom stereocenters. The molecule has 0 saturated carbocycles. The van der Waals surface area contributed by atoms with Crippen LogP contribution in [0.3, 0.4) is 0 Å². The molecule has 5 N–H and O–H groups in total. The fourth-order valence-electron chi connectivity index (χ4n) is 1.07. The predicted molar refractivity (Wildman–Crippen MR) is 59.6 cm³/mol. The van der Waals surface area contributed by atoms with Crippen molar-refractivity contribution in [1.29, 1.82) is 0 Å². The molecule has 0 unspecified atom stereocenters. The quantitative estimate of drug-likeness (QED) is 0.588. The second kappa shape index (κ2) is 5.50. The Balaban J connectivity index is 2.62. The van der Waals surface area contributed by atoms with Crippen molar-refractivity contribution in [2.45, 2.75) is 0 Å². The van der Waals surface area contributed by atoms with Crippen LogP contribution in [-0.4, -0.2) is 29.6 Å². The summed E-state index contributed by atoms with van der Waals surface area (Å²) in [6.45, 7) is -0.287. The fourth-order valence-corrected chi connectivity index (χ4v) is 1.07. The molecule has 90 valence electrons. The molecule has 0 fully saturated rings. The summed E-state index contributed by atoms with van der Waals surface area (Å²) in [6, 6.07) is 5.08. The van der Waals surface area contributed by atoms with Gasteiger partial charge in [-0.25, -0.2) is 9.59 Å². The second-order valence-corrected chi connectivity index (χ2v) is 3.16. The van der Waals surface area contributed by atoms with Crippen LogP contribution >= 0.6 is 0 Å². The third kappa shape index (κ3) is 4.20. The number of nitrogens with two attached hydrogens (primary N) is 1. The van der Waals surface area contributed by atoms with Crippen LogP contribution in [-0.2, 0) is 4.79 Å². The van der Waals surface area contributed by atoms with Crippen LogP contribution in [0.4, 0.5) is 10.5 Å². The number of hydrogen-bond acceptors (Lipinski definition) is 3. The van der Waals surface area contributed by atoms with E-state index < -0.39 is 17.9 Å². The number of rotatable bonds is 4. The normalized spacial score (nSPS) is 9.41. The smallest absolute Gasteiger partial charge is 0.335 e. The molecule has 0 radical (unpaired) electrons. The number of nitrogens with one attached hydrogen (secondary N) is 2. The van der Waals surface area contributed by atoms with E-state index in [2.05, 4.69) is 10.6 Å². The maximum Gasteiger partial charge on any atom is 0.335 e. The van der Waals surface area contributed by atoms with Crippen molar-refractivity contribution >= 4 is 23.6 Å². The molecule has 1 aromatic rings. The van der Waals surface area contributed by atoms with E-state index in [9.17, 15) is 14.4 Å². The van der Waals surface area contributed by atoms with Gasteiger partial charge in [-0.05, 0) is 18.2 Å². The van der Waals surface area contributed by atoms with Crippen molar-refractivity contribution in [3.63, 3.8) is 0 Å². The van der Waals surface area contributed by atoms with Crippen LogP contribution in [0.2, 0.25) is 0 Å². The van der Waals surface area contributed by atoms with E-state index in [1.165, 1.54) is 24.3 Å². The summed E-state index contributed by atoms with van der Waals surface area (Å²) in [5.74, 6) is -1.76. The van der Waals surface area contributed by atoms with E-state index in [1.54, 1.807) is 0 Å². The number of hydrogen-bond donors (Lipinski definition) is 4. The van der Waals surface area contributed by atoms with Crippen LogP contribution in [0, 0.1) is 0 Å². The number of aromatic carboxylic acids is 1. The number of benzene rings is 1. The van der Waals surface area contributed by atoms with Gasteiger partial charge in [0, 0.05) is 5.69 Å². The summed E-state index contributed by atoms with van der Waals surface area (Å²) in [5.41, 5.74) is 5.20. The first-order valence-corrected chi connectivity index (χ1v) is 4.65. The van der Waals surface area contributed by atoms with E-state index in [1.807, 2.05) is 0 Å². The van der Waals surface area contributed by atoms with E-state index >= 15 is 0 Å². The molecule has 0 spiro atoms. The Kier molecular flexibility index (Phi) is 4.04. The van der Waals surface area contributed by atoms with E-state index in [0.717, 1.165) is 0 Å². The Hall–Kier alpha value is -2.57. The maximum absolute atomic E-state index is 11.2. The lowest BCUT2D eigenvalue weighted by atomic mass is 10.2. The van der Waals surface area contributed by atoms with Crippen molar-refractivity contribution in [1.82, 2.24) is 5.32 Å². The zero-order valence-corrected chi connectivity index (χ0v) is 8.77. The Morgan fingerprint density at radius 3 is 2.59 bits per heavy atom. The molecule has 0 bridgehead atoms. The summed E-state index contributed by atoms with van der Waals surface area (Å²) in [5, 5.41) is 13.3. The molecule has 17 heavy (non-hydrogen) atoms. The molecule has 0 aliphatic heterocycles. The van der Waals surface area contributed by atoms with Crippen LogP contribution < -0.4 is 16.4 Å².